The van der Waals surface area contributed by atoms with Crippen LogP contribution in [0.5, 0.6) is 0 Å². The number of carbonyl (C=O) groups is 2. The molecule has 154 valence electrons. The molecule has 2 aromatic rings. The highest BCUT2D eigenvalue weighted by molar-refractivity contribution is 6.30. The minimum atomic E-state index is -1.05. The summed E-state index contributed by atoms with van der Waals surface area (Å²) in [5.74, 6) is -1.02. The molecule has 0 spiro atoms. The van der Waals surface area contributed by atoms with Gasteiger partial charge in [0.15, 0.2) is 0 Å². The van der Waals surface area contributed by atoms with E-state index in [4.69, 9.17) is 11.6 Å². The van der Waals surface area contributed by atoms with Crippen LogP contribution in [0.25, 0.3) is 0 Å². The Morgan fingerprint density at radius 3 is 2.10 bits per heavy atom. The quantitative estimate of drug-likeness (QED) is 0.733. The first-order valence-corrected chi connectivity index (χ1v) is 10.1. The third kappa shape index (κ3) is 5.41. The number of amides is 1. The van der Waals surface area contributed by atoms with Gasteiger partial charge in [0.05, 0.1) is 11.3 Å². The first kappa shape index (κ1) is 21.0. The molecule has 29 heavy (non-hydrogen) atoms. The molecule has 1 heterocycles. The predicted molar refractivity (Wildman–Crippen MR) is 117 cm³/mol. The molecular formula is C22H26ClN3O3. The van der Waals surface area contributed by atoms with Gasteiger partial charge in [-0.1, -0.05) is 25.4 Å². The highest BCUT2D eigenvalue weighted by Crippen LogP contribution is 2.26. The van der Waals surface area contributed by atoms with Gasteiger partial charge in [-0.25, -0.2) is 4.79 Å². The van der Waals surface area contributed by atoms with E-state index < -0.39 is 5.97 Å². The second-order valence-electron chi connectivity index (χ2n) is 7.63. The molecule has 0 aliphatic carbocycles. The average Bonchev–Trinajstić information content (AvgIpc) is 2.68. The van der Waals surface area contributed by atoms with Crippen LogP contribution in [-0.4, -0.2) is 43.2 Å². The van der Waals surface area contributed by atoms with Gasteiger partial charge in [-0.2, -0.15) is 0 Å². The molecule has 1 saturated heterocycles. The van der Waals surface area contributed by atoms with Crippen LogP contribution in [0.4, 0.5) is 17.1 Å². The smallest absolute Gasteiger partial charge is 0.337 e. The molecule has 0 radical (unpaired) electrons. The van der Waals surface area contributed by atoms with Crippen molar-refractivity contribution in [2.24, 2.45) is 5.92 Å². The van der Waals surface area contributed by atoms with E-state index >= 15 is 0 Å². The molecule has 7 heteroatoms. The number of anilines is 3. The number of piperazine rings is 1. The van der Waals surface area contributed by atoms with Crippen molar-refractivity contribution in [3.63, 3.8) is 0 Å². The van der Waals surface area contributed by atoms with Crippen molar-refractivity contribution in [3.8, 4) is 0 Å². The fourth-order valence-electron chi connectivity index (χ4n) is 3.46. The van der Waals surface area contributed by atoms with Gasteiger partial charge in [0.2, 0.25) is 5.91 Å². The van der Waals surface area contributed by atoms with E-state index in [9.17, 15) is 14.7 Å². The van der Waals surface area contributed by atoms with Crippen LogP contribution in [0.15, 0.2) is 42.5 Å². The van der Waals surface area contributed by atoms with Crippen LogP contribution >= 0.6 is 11.6 Å². The van der Waals surface area contributed by atoms with Crippen LogP contribution in [0, 0.1) is 5.92 Å². The fourth-order valence-corrected chi connectivity index (χ4v) is 3.59. The summed E-state index contributed by atoms with van der Waals surface area (Å²) in [6.45, 7) is 7.12. The van der Waals surface area contributed by atoms with Gasteiger partial charge in [0.1, 0.15) is 0 Å². The van der Waals surface area contributed by atoms with E-state index in [-0.39, 0.29) is 17.4 Å². The Morgan fingerprint density at radius 2 is 1.55 bits per heavy atom. The molecule has 6 nitrogen and oxygen atoms in total. The van der Waals surface area contributed by atoms with Crippen LogP contribution in [-0.2, 0) is 4.79 Å². The summed E-state index contributed by atoms with van der Waals surface area (Å²) in [6, 6.07) is 13.0. The largest absolute Gasteiger partial charge is 0.478 e. The topological polar surface area (TPSA) is 72.9 Å². The zero-order valence-electron chi connectivity index (χ0n) is 16.7. The summed E-state index contributed by atoms with van der Waals surface area (Å²) in [7, 11) is 0. The molecule has 1 aliphatic heterocycles. The molecular weight excluding hydrogens is 390 g/mol. The summed E-state index contributed by atoms with van der Waals surface area (Å²) < 4.78 is 0. The normalized spacial score (nSPS) is 14.2. The van der Waals surface area contributed by atoms with E-state index in [1.165, 1.54) is 0 Å². The van der Waals surface area contributed by atoms with Crippen LogP contribution < -0.4 is 15.1 Å². The number of carbonyl (C=O) groups excluding carboxylic acids is 1. The maximum atomic E-state index is 12.0. The maximum absolute atomic E-state index is 12.0. The van der Waals surface area contributed by atoms with Crippen molar-refractivity contribution in [2.45, 2.75) is 20.3 Å². The monoisotopic (exact) mass is 415 g/mol. The molecule has 2 N–H and O–H groups in total. The van der Waals surface area contributed by atoms with Crippen molar-refractivity contribution in [1.29, 1.82) is 0 Å². The van der Waals surface area contributed by atoms with Gasteiger partial charge in [-0.15, -0.1) is 0 Å². The average molecular weight is 416 g/mol. The number of carboxylic acids is 1. The van der Waals surface area contributed by atoms with Crippen molar-refractivity contribution in [1.82, 2.24) is 0 Å². The fraction of sp³-hybridized carbons (Fsp3) is 0.364. The summed E-state index contributed by atoms with van der Waals surface area (Å²) >= 11 is 5.96. The zero-order valence-corrected chi connectivity index (χ0v) is 17.4. The minimum Gasteiger partial charge on any atom is -0.478 e. The molecule has 1 fully saturated rings. The first-order chi connectivity index (χ1) is 13.8. The summed E-state index contributed by atoms with van der Waals surface area (Å²) in [6.07, 6.45) is 0.355. The number of halogens is 1. The number of hydrogen-bond donors (Lipinski definition) is 2. The lowest BCUT2D eigenvalue weighted by Crippen LogP contribution is -2.46. The Labute approximate surface area is 176 Å². The maximum Gasteiger partial charge on any atom is 0.337 e. The number of carboxylic acid groups (broad SMARTS) is 1. The Bertz CT molecular complexity index is 875. The van der Waals surface area contributed by atoms with E-state index in [0.29, 0.717) is 17.1 Å². The lowest BCUT2D eigenvalue weighted by Gasteiger charge is -2.37. The van der Waals surface area contributed by atoms with Crippen LogP contribution in [0.3, 0.4) is 0 Å². The zero-order chi connectivity index (χ0) is 21.0. The van der Waals surface area contributed by atoms with E-state index in [2.05, 4.69) is 15.1 Å². The van der Waals surface area contributed by atoms with Crippen LogP contribution in [0.1, 0.15) is 30.6 Å². The van der Waals surface area contributed by atoms with Crippen molar-refractivity contribution in [2.75, 3.05) is 41.3 Å². The third-order valence-corrected chi connectivity index (χ3v) is 5.19. The minimum absolute atomic E-state index is 0.111. The summed E-state index contributed by atoms with van der Waals surface area (Å²) in [4.78, 5) is 28.2. The van der Waals surface area contributed by atoms with Gasteiger partial charge >= 0.3 is 5.97 Å². The van der Waals surface area contributed by atoms with Crippen LogP contribution in [0.2, 0.25) is 5.02 Å². The van der Waals surface area contributed by atoms with Gasteiger partial charge in [0.25, 0.3) is 0 Å². The third-order valence-electron chi connectivity index (χ3n) is 4.94. The predicted octanol–water partition coefficient (Wildman–Crippen LogP) is 4.35. The molecule has 2 aromatic carbocycles. The van der Waals surface area contributed by atoms with Crippen molar-refractivity contribution < 1.29 is 14.7 Å². The second kappa shape index (κ2) is 9.18. The Kier molecular flexibility index (Phi) is 6.64. The van der Waals surface area contributed by atoms with Gasteiger partial charge in [-0.05, 0) is 48.4 Å². The number of rotatable bonds is 6. The highest BCUT2D eigenvalue weighted by Gasteiger charge is 2.20. The highest BCUT2D eigenvalue weighted by atomic mass is 35.5. The molecule has 1 amide bonds. The van der Waals surface area contributed by atoms with Crippen molar-refractivity contribution >= 4 is 40.5 Å². The SMILES string of the molecule is CC(C)CC(=O)Nc1ccc(N2CCN(c3ccc(Cl)cc3)CC2)cc1C(=O)O. The van der Waals surface area contributed by atoms with Crippen molar-refractivity contribution in [3.05, 3.63) is 53.1 Å². The lowest BCUT2D eigenvalue weighted by molar-refractivity contribution is -0.116. The molecule has 0 atom stereocenters. The summed E-state index contributed by atoms with van der Waals surface area (Å²) in [5, 5.41) is 13.1. The second-order valence-corrected chi connectivity index (χ2v) is 8.07. The van der Waals surface area contributed by atoms with E-state index in [1.807, 2.05) is 44.2 Å². The Morgan fingerprint density at radius 1 is 1.00 bits per heavy atom. The molecule has 0 saturated carbocycles. The molecule has 0 unspecified atom stereocenters. The number of aromatic carboxylic acids is 1. The molecule has 1 aliphatic rings. The van der Waals surface area contributed by atoms with E-state index in [1.54, 1.807) is 12.1 Å². The molecule has 3 rings (SSSR count). The molecule has 0 aromatic heterocycles. The van der Waals surface area contributed by atoms with E-state index in [0.717, 1.165) is 37.6 Å². The van der Waals surface area contributed by atoms with Gasteiger partial charge in [-0.3, -0.25) is 4.79 Å². The number of benzene rings is 2. The number of nitrogens with zero attached hydrogens (tertiary/aromatic N) is 2. The Hall–Kier alpha value is -2.73. The number of hydrogen-bond acceptors (Lipinski definition) is 4. The lowest BCUT2D eigenvalue weighted by atomic mass is 10.1. The van der Waals surface area contributed by atoms with Gasteiger partial charge in [0, 0.05) is 49.0 Å². The molecule has 0 bridgehead atoms. The standard InChI is InChI=1S/C22H26ClN3O3/c1-15(2)13-21(27)24-20-8-7-18(14-19(20)22(28)29)26-11-9-25(10-12-26)17-5-3-16(23)4-6-17/h3-8,14-15H,9-13H2,1-2H3,(H,24,27)(H,28,29). The number of nitrogens with one attached hydrogen (secondary N) is 1. The first-order valence-electron chi connectivity index (χ1n) is 9.76. The van der Waals surface area contributed by atoms with Gasteiger partial charge < -0.3 is 20.2 Å². The summed E-state index contributed by atoms with van der Waals surface area (Å²) in [5.41, 5.74) is 2.43. The Balaban J connectivity index is 1.69.